The number of ether oxygens (including phenoxy) is 1. The van der Waals surface area contributed by atoms with Crippen LogP contribution < -0.4 is 10.6 Å². The highest BCUT2D eigenvalue weighted by atomic mass is 127. The number of aliphatic imine (C=N–C) groups is 1. The highest BCUT2D eigenvalue weighted by Gasteiger charge is 2.22. The van der Waals surface area contributed by atoms with Gasteiger partial charge in [-0.1, -0.05) is 38.1 Å². The Bertz CT molecular complexity index is 835. The van der Waals surface area contributed by atoms with Crippen LogP contribution in [0, 0.1) is 0 Å². The molecule has 1 aromatic carbocycles. The summed E-state index contributed by atoms with van der Waals surface area (Å²) in [5.41, 5.74) is 2.60. The minimum atomic E-state index is 0. The molecule has 2 aromatic rings. The molecule has 1 aliphatic heterocycles. The van der Waals surface area contributed by atoms with Gasteiger partial charge in [0.05, 0.1) is 6.54 Å². The number of rotatable bonds is 9. The van der Waals surface area contributed by atoms with Crippen molar-refractivity contribution in [3.05, 3.63) is 47.0 Å². The van der Waals surface area contributed by atoms with Crippen LogP contribution in [-0.2, 0) is 37.4 Å². The lowest BCUT2D eigenvalue weighted by atomic mass is 10.1. The molecule has 172 valence electrons. The lowest BCUT2D eigenvalue weighted by Gasteiger charge is -2.25. The summed E-state index contributed by atoms with van der Waals surface area (Å²) in [7, 11) is 3.48. The molecular formula is C22H36IN7O. The summed E-state index contributed by atoms with van der Waals surface area (Å²) in [4.78, 5) is 11.4. The molecule has 3 rings (SSSR count). The maximum absolute atomic E-state index is 5.14. The van der Waals surface area contributed by atoms with Crippen molar-refractivity contribution in [2.24, 2.45) is 4.99 Å². The van der Waals surface area contributed by atoms with Gasteiger partial charge < -0.3 is 15.4 Å². The van der Waals surface area contributed by atoms with Crippen molar-refractivity contribution in [2.75, 3.05) is 27.2 Å². The first-order valence-corrected chi connectivity index (χ1v) is 10.8. The fraction of sp³-hybridized carbons (Fsp3) is 0.591. The van der Waals surface area contributed by atoms with Crippen molar-refractivity contribution in [1.82, 2.24) is 30.3 Å². The molecule has 0 fully saturated rings. The second kappa shape index (κ2) is 13.0. The fourth-order valence-electron chi connectivity index (χ4n) is 3.79. The van der Waals surface area contributed by atoms with E-state index in [2.05, 4.69) is 68.7 Å². The standard InChI is InChI=1S/C22H35N7O.HI/c1-5-28(6-2)14-18-9-7-8-17(12-18)13-24-22(23-3)25-19-10-11-21-26-20(16-30-4)27-29(21)15-19;/h7-9,12,19H,5-6,10-11,13-16H2,1-4H3,(H2,23,24,25);1H. The van der Waals surface area contributed by atoms with Gasteiger partial charge in [0, 0.05) is 39.7 Å². The molecule has 0 spiro atoms. The van der Waals surface area contributed by atoms with E-state index in [1.54, 1.807) is 7.11 Å². The number of hydrogen-bond donors (Lipinski definition) is 2. The Kier molecular flexibility index (Phi) is 10.7. The highest BCUT2D eigenvalue weighted by Crippen LogP contribution is 2.14. The van der Waals surface area contributed by atoms with Crippen molar-refractivity contribution in [3.63, 3.8) is 0 Å². The summed E-state index contributed by atoms with van der Waals surface area (Å²) in [5, 5.41) is 11.5. The van der Waals surface area contributed by atoms with E-state index in [9.17, 15) is 0 Å². The molecule has 0 aliphatic carbocycles. The van der Waals surface area contributed by atoms with E-state index in [4.69, 9.17) is 4.74 Å². The summed E-state index contributed by atoms with van der Waals surface area (Å²) in [6.07, 6.45) is 1.91. The normalized spacial score (nSPS) is 16.0. The van der Waals surface area contributed by atoms with Gasteiger partial charge in [0.25, 0.3) is 0 Å². The molecule has 31 heavy (non-hydrogen) atoms. The number of aromatic nitrogens is 3. The predicted molar refractivity (Wildman–Crippen MR) is 135 cm³/mol. The summed E-state index contributed by atoms with van der Waals surface area (Å²) >= 11 is 0. The number of aryl methyl sites for hydroxylation is 1. The molecule has 0 saturated heterocycles. The van der Waals surface area contributed by atoms with E-state index < -0.39 is 0 Å². The van der Waals surface area contributed by atoms with Gasteiger partial charge in [-0.15, -0.1) is 24.0 Å². The number of nitrogens with zero attached hydrogens (tertiary/aromatic N) is 5. The molecule has 2 N–H and O–H groups in total. The molecular weight excluding hydrogens is 505 g/mol. The SMILES string of the molecule is CCN(CC)Cc1cccc(CNC(=NC)NC2CCc3nc(COC)nn3C2)c1.I. The van der Waals surface area contributed by atoms with E-state index in [0.29, 0.717) is 6.61 Å². The number of nitrogens with one attached hydrogen (secondary N) is 2. The van der Waals surface area contributed by atoms with Gasteiger partial charge in [-0.25, -0.2) is 9.67 Å². The molecule has 1 aromatic heterocycles. The van der Waals surface area contributed by atoms with E-state index in [1.165, 1.54) is 11.1 Å². The van der Waals surface area contributed by atoms with Crippen molar-refractivity contribution >= 4 is 29.9 Å². The van der Waals surface area contributed by atoms with Crippen LogP contribution in [0.2, 0.25) is 0 Å². The Morgan fingerprint density at radius 3 is 2.77 bits per heavy atom. The maximum Gasteiger partial charge on any atom is 0.191 e. The van der Waals surface area contributed by atoms with Crippen molar-refractivity contribution < 1.29 is 4.74 Å². The second-order valence-corrected chi connectivity index (χ2v) is 7.65. The Labute approximate surface area is 202 Å². The van der Waals surface area contributed by atoms with Gasteiger partial charge in [-0.05, 0) is 30.6 Å². The van der Waals surface area contributed by atoms with Crippen LogP contribution in [0.5, 0.6) is 0 Å². The van der Waals surface area contributed by atoms with Gasteiger partial charge >= 0.3 is 0 Å². The smallest absolute Gasteiger partial charge is 0.191 e. The van der Waals surface area contributed by atoms with Gasteiger partial charge in [0.15, 0.2) is 11.8 Å². The van der Waals surface area contributed by atoms with Crippen molar-refractivity contribution in [2.45, 2.75) is 59.0 Å². The quantitative estimate of drug-likeness (QED) is 0.289. The zero-order chi connectivity index (χ0) is 21.3. The Morgan fingerprint density at radius 2 is 2.06 bits per heavy atom. The van der Waals surface area contributed by atoms with Gasteiger partial charge in [-0.2, -0.15) is 5.10 Å². The molecule has 0 bridgehead atoms. The summed E-state index contributed by atoms with van der Waals surface area (Å²) in [5.74, 6) is 2.60. The highest BCUT2D eigenvalue weighted by molar-refractivity contribution is 14.0. The molecule has 1 unspecified atom stereocenters. The first kappa shape index (κ1) is 25.5. The number of fused-ring (bicyclic) bond motifs is 1. The van der Waals surface area contributed by atoms with Crippen LogP contribution in [0.25, 0.3) is 0 Å². The molecule has 0 amide bonds. The zero-order valence-corrected chi connectivity index (χ0v) is 21.4. The Balaban J connectivity index is 0.00000341. The molecule has 1 aliphatic rings. The van der Waals surface area contributed by atoms with Gasteiger partial charge in [-0.3, -0.25) is 9.89 Å². The van der Waals surface area contributed by atoms with Crippen molar-refractivity contribution in [3.8, 4) is 0 Å². The number of benzene rings is 1. The minimum Gasteiger partial charge on any atom is -0.377 e. The lowest BCUT2D eigenvalue weighted by molar-refractivity contribution is 0.177. The van der Waals surface area contributed by atoms with Crippen LogP contribution in [0.15, 0.2) is 29.3 Å². The number of halogens is 1. The summed E-state index contributed by atoms with van der Waals surface area (Å²) in [6.45, 7) is 9.51. The molecule has 2 heterocycles. The molecule has 0 saturated carbocycles. The van der Waals surface area contributed by atoms with E-state index in [0.717, 1.165) is 63.2 Å². The van der Waals surface area contributed by atoms with Gasteiger partial charge in [0.2, 0.25) is 0 Å². The fourth-order valence-corrected chi connectivity index (χ4v) is 3.79. The lowest BCUT2D eigenvalue weighted by Crippen LogP contribution is -2.46. The van der Waals surface area contributed by atoms with E-state index >= 15 is 0 Å². The van der Waals surface area contributed by atoms with Crippen LogP contribution in [0.1, 0.15) is 43.0 Å². The predicted octanol–water partition coefficient (Wildman–Crippen LogP) is 2.56. The first-order chi connectivity index (χ1) is 14.6. The molecule has 1 atom stereocenters. The van der Waals surface area contributed by atoms with Crippen LogP contribution >= 0.6 is 24.0 Å². The van der Waals surface area contributed by atoms with Crippen molar-refractivity contribution in [1.29, 1.82) is 0 Å². The third-order valence-corrected chi connectivity index (χ3v) is 5.49. The Hall–Kier alpha value is -1.72. The monoisotopic (exact) mass is 541 g/mol. The minimum absolute atomic E-state index is 0. The average Bonchev–Trinajstić information content (AvgIpc) is 3.17. The van der Waals surface area contributed by atoms with Crippen LogP contribution in [0.3, 0.4) is 0 Å². The largest absolute Gasteiger partial charge is 0.377 e. The third kappa shape index (κ3) is 7.43. The van der Waals surface area contributed by atoms with Crippen LogP contribution in [0.4, 0.5) is 0 Å². The van der Waals surface area contributed by atoms with Crippen LogP contribution in [-0.4, -0.2) is 58.9 Å². The number of methoxy groups -OCH3 is 1. The second-order valence-electron chi connectivity index (χ2n) is 7.65. The Morgan fingerprint density at radius 1 is 1.29 bits per heavy atom. The topological polar surface area (TPSA) is 79.6 Å². The summed E-state index contributed by atoms with van der Waals surface area (Å²) < 4.78 is 7.13. The number of guanidine groups is 1. The molecule has 8 nitrogen and oxygen atoms in total. The zero-order valence-electron chi connectivity index (χ0n) is 19.1. The number of hydrogen-bond acceptors (Lipinski definition) is 5. The van der Waals surface area contributed by atoms with E-state index in [-0.39, 0.29) is 30.0 Å². The maximum atomic E-state index is 5.14. The molecule has 0 radical (unpaired) electrons. The third-order valence-electron chi connectivity index (χ3n) is 5.49. The average molecular weight is 541 g/mol. The molecule has 9 heteroatoms. The first-order valence-electron chi connectivity index (χ1n) is 10.8. The van der Waals surface area contributed by atoms with E-state index in [1.807, 2.05) is 11.7 Å². The van der Waals surface area contributed by atoms with Gasteiger partial charge in [0.1, 0.15) is 12.4 Å². The summed E-state index contributed by atoms with van der Waals surface area (Å²) in [6, 6.07) is 9.04.